The maximum absolute atomic E-state index is 13.9. The molecule has 3 aromatic rings. The molecule has 0 aliphatic heterocycles. The van der Waals surface area contributed by atoms with Crippen LogP contribution >= 0.6 is 27.5 Å². The minimum absolute atomic E-state index is 0.00913. The molecule has 0 saturated heterocycles. The number of nitrogens with one attached hydrogen (secondary N) is 1. The first-order valence-electron chi connectivity index (χ1n) is 11.8. The highest BCUT2D eigenvalue weighted by Gasteiger charge is 2.33. The molecule has 0 aliphatic carbocycles. The second-order valence-electron chi connectivity index (χ2n) is 8.36. The van der Waals surface area contributed by atoms with Crippen molar-refractivity contribution >= 4 is 55.1 Å². The van der Waals surface area contributed by atoms with E-state index in [1.54, 1.807) is 38.1 Å². The molecule has 1 atom stereocenters. The Morgan fingerprint density at radius 2 is 1.76 bits per heavy atom. The van der Waals surface area contributed by atoms with Crippen LogP contribution in [-0.2, 0) is 26.2 Å². The summed E-state index contributed by atoms with van der Waals surface area (Å²) in [5.41, 5.74) is 0.868. The van der Waals surface area contributed by atoms with Crippen LogP contribution in [0.25, 0.3) is 0 Å². The highest BCUT2D eigenvalue weighted by Crippen LogP contribution is 2.35. The Labute approximate surface area is 236 Å². The molecule has 0 fully saturated rings. The number of carbonyl (C=O) groups is 2. The number of benzene rings is 3. The Kier molecular flexibility index (Phi) is 10.2. The normalized spacial score (nSPS) is 11.9. The van der Waals surface area contributed by atoms with E-state index in [9.17, 15) is 18.0 Å². The maximum atomic E-state index is 13.9. The largest absolute Gasteiger partial charge is 0.495 e. The monoisotopic (exact) mass is 621 g/mol. The van der Waals surface area contributed by atoms with Gasteiger partial charge >= 0.3 is 0 Å². The summed E-state index contributed by atoms with van der Waals surface area (Å²) < 4.78 is 34.9. The summed E-state index contributed by atoms with van der Waals surface area (Å²) in [6.45, 7) is 3.27. The standard InChI is InChI=1S/C27H29BrClN3O5S/c1-4-30-27(34)19(2)31(17-20-9-8-10-21(28)15-20)26(33)18-32(24-16-22(29)13-14-25(24)37-3)38(35,36)23-11-6-5-7-12-23/h5-16,19H,4,17-18H2,1-3H3,(H,30,34)/t19-/m0/s1. The molecular formula is C27H29BrClN3O5S. The molecule has 0 aliphatic rings. The first kappa shape index (κ1) is 29.5. The van der Waals surface area contributed by atoms with Crippen LogP contribution in [0.4, 0.5) is 5.69 Å². The number of carbonyl (C=O) groups excluding carboxylic acids is 2. The minimum Gasteiger partial charge on any atom is -0.495 e. The fraction of sp³-hybridized carbons (Fsp3) is 0.259. The summed E-state index contributed by atoms with van der Waals surface area (Å²) in [5.74, 6) is -0.712. The zero-order chi connectivity index (χ0) is 27.9. The average Bonchev–Trinajstić information content (AvgIpc) is 2.90. The van der Waals surface area contributed by atoms with E-state index in [0.29, 0.717) is 6.54 Å². The molecule has 202 valence electrons. The van der Waals surface area contributed by atoms with Crippen molar-refractivity contribution in [3.63, 3.8) is 0 Å². The summed E-state index contributed by atoms with van der Waals surface area (Å²) in [7, 11) is -2.83. The van der Waals surface area contributed by atoms with Crippen molar-refractivity contribution in [2.24, 2.45) is 0 Å². The zero-order valence-electron chi connectivity index (χ0n) is 21.2. The van der Waals surface area contributed by atoms with Crippen LogP contribution in [0, 0.1) is 0 Å². The van der Waals surface area contributed by atoms with Crippen molar-refractivity contribution < 1.29 is 22.7 Å². The van der Waals surface area contributed by atoms with Crippen LogP contribution in [0.3, 0.4) is 0 Å². The molecule has 0 aromatic heterocycles. The van der Waals surface area contributed by atoms with Crippen molar-refractivity contribution in [1.82, 2.24) is 10.2 Å². The van der Waals surface area contributed by atoms with Gasteiger partial charge in [0.25, 0.3) is 10.0 Å². The summed E-state index contributed by atoms with van der Waals surface area (Å²) in [6.07, 6.45) is 0. The van der Waals surface area contributed by atoms with Gasteiger partial charge in [-0.1, -0.05) is 57.9 Å². The topological polar surface area (TPSA) is 96.0 Å². The summed E-state index contributed by atoms with van der Waals surface area (Å²) in [4.78, 5) is 28.0. The van der Waals surface area contributed by atoms with E-state index in [1.807, 2.05) is 24.3 Å². The van der Waals surface area contributed by atoms with Gasteiger partial charge in [-0.25, -0.2) is 8.42 Å². The van der Waals surface area contributed by atoms with Crippen molar-refractivity contribution in [2.75, 3.05) is 24.5 Å². The second kappa shape index (κ2) is 13.1. The van der Waals surface area contributed by atoms with Gasteiger partial charge in [-0.05, 0) is 61.9 Å². The number of likely N-dealkylation sites (N-methyl/N-ethyl adjacent to an activating group) is 1. The number of hydrogen-bond donors (Lipinski definition) is 1. The smallest absolute Gasteiger partial charge is 0.264 e. The van der Waals surface area contributed by atoms with E-state index in [0.717, 1.165) is 14.3 Å². The third-order valence-corrected chi connectivity index (χ3v) is 8.28. The molecule has 2 amide bonds. The van der Waals surface area contributed by atoms with Gasteiger partial charge in [-0.15, -0.1) is 0 Å². The zero-order valence-corrected chi connectivity index (χ0v) is 24.4. The highest BCUT2D eigenvalue weighted by atomic mass is 79.9. The first-order valence-corrected chi connectivity index (χ1v) is 14.4. The molecule has 0 unspecified atom stereocenters. The number of rotatable bonds is 11. The van der Waals surface area contributed by atoms with Crippen molar-refractivity contribution in [3.8, 4) is 5.75 Å². The number of ether oxygens (including phenoxy) is 1. The quantitative estimate of drug-likeness (QED) is 0.330. The molecule has 0 radical (unpaired) electrons. The van der Waals surface area contributed by atoms with Crippen LogP contribution in [0.1, 0.15) is 19.4 Å². The molecule has 11 heteroatoms. The lowest BCUT2D eigenvalue weighted by Crippen LogP contribution is -2.51. The number of methoxy groups -OCH3 is 1. The lowest BCUT2D eigenvalue weighted by molar-refractivity contribution is -0.139. The number of amides is 2. The fourth-order valence-corrected chi connectivity index (χ4v) is 5.88. The lowest BCUT2D eigenvalue weighted by Gasteiger charge is -2.32. The van der Waals surface area contributed by atoms with Crippen LogP contribution < -0.4 is 14.4 Å². The van der Waals surface area contributed by atoms with E-state index in [4.69, 9.17) is 16.3 Å². The minimum atomic E-state index is -4.23. The van der Waals surface area contributed by atoms with Gasteiger partial charge in [-0.2, -0.15) is 0 Å². The van der Waals surface area contributed by atoms with Crippen molar-refractivity contribution in [1.29, 1.82) is 0 Å². The fourth-order valence-electron chi connectivity index (χ4n) is 3.83. The van der Waals surface area contributed by atoms with Crippen molar-refractivity contribution in [2.45, 2.75) is 31.3 Å². The summed E-state index contributed by atoms with van der Waals surface area (Å²) in [6, 6.07) is 18.8. The summed E-state index contributed by atoms with van der Waals surface area (Å²) in [5, 5.41) is 3.00. The lowest BCUT2D eigenvalue weighted by atomic mass is 10.1. The van der Waals surface area contributed by atoms with E-state index in [1.165, 1.54) is 36.3 Å². The van der Waals surface area contributed by atoms with E-state index < -0.39 is 28.5 Å². The average molecular weight is 623 g/mol. The number of nitrogens with zero attached hydrogens (tertiary/aromatic N) is 2. The van der Waals surface area contributed by atoms with Crippen LogP contribution in [0.2, 0.25) is 5.02 Å². The SMILES string of the molecule is CCNC(=O)[C@H](C)N(Cc1cccc(Br)c1)C(=O)CN(c1cc(Cl)ccc1OC)S(=O)(=O)c1ccccc1. The Balaban J connectivity index is 2.09. The molecule has 0 bridgehead atoms. The predicted molar refractivity (Wildman–Crippen MR) is 152 cm³/mol. The molecule has 8 nitrogen and oxygen atoms in total. The van der Waals surface area contributed by atoms with Crippen LogP contribution in [0.5, 0.6) is 5.75 Å². The molecule has 1 N–H and O–H groups in total. The van der Waals surface area contributed by atoms with E-state index >= 15 is 0 Å². The van der Waals surface area contributed by atoms with Crippen molar-refractivity contribution in [3.05, 3.63) is 87.9 Å². The Morgan fingerprint density at radius 3 is 2.39 bits per heavy atom. The Hall–Kier alpha value is -3.08. The van der Waals surface area contributed by atoms with Gasteiger partial charge in [0.05, 0.1) is 17.7 Å². The number of halogens is 2. The van der Waals surface area contributed by atoms with E-state index in [2.05, 4.69) is 21.2 Å². The maximum Gasteiger partial charge on any atom is 0.264 e. The molecule has 3 rings (SSSR count). The molecule has 0 spiro atoms. The molecule has 0 heterocycles. The Morgan fingerprint density at radius 1 is 1.05 bits per heavy atom. The third kappa shape index (κ3) is 7.06. The van der Waals surface area contributed by atoms with Gasteiger partial charge in [0, 0.05) is 22.6 Å². The van der Waals surface area contributed by atoms with E-state index in [-0.39, 0.29) is 33.8 Å². The summed E-state index contributed by atoms with van der Waals surface area (Å²) >= 11 is 9.66. The van der Waals surface area contributed by atoms with Crippen LogP contribution in [-0.4, -0.2) is 51.4 Å². The Bertz CT molecular complexity index is 1390. The van der Waals surface area contributed by atoms with Gasteiger partial charge in [0.1, 0.15) is 18.3 Å². The van der Waals surface area contributed by atoms with Gasteiger partial charge in [0.2, 0.25) is 11.8 Å². The second-order valence-corrected chi connectivity index (χ2v) is 11.6. The highest BCUT2D eigenvalue weighted by molar-refractivity contribution is 9.10. The molecule has 3 aromatic carbocycles. The van der Waals surface area contributed by atoms with Gasteiger partial charge in [-0.3, -0.25) is 13.9 Å². The number of hydrogen-bond acceptors (Lipinski definition) is 5. The first-order chi connectivity index (χ1) is 18.1. The third-order valence-electron chi connectivity index (χ3n) is 5.78. The molecular weight excluding hydrogens is 594 g/mol. The number of sulfonamides is 1. The molecule has 0 saturated carbocycles. The van der Waals surface area contributed by atoms with Gasteiger partial charge < -0.3 is 15.0 Å². The van der Waals surface area contributed by atoms with Gasteiger partial charge in [0.15, 0.2) is 0 Å². The number of anilines is 1. The molecule has 38 heavy (non-hydrogen) atoms. The predicted octanol–water partition coefficient (Wildman–Crippen LogP) is 4.86. The van der Waals surface area contributed by atoms with Crippen LogP contribution in [0.15, 0.2) is 82.2 Å².